The molecule has 0 fully saturated rings. The van der Waals surface area contributed by atoms with Crippen molar-refractivity contribution in [3.8, 4) is 22.3 Å². The van der Waals surface area contributed by atoms with Crippen molar-refractivity contribution in [1.82, 2.24) is 0 Å². The van der Waals surface area contributed by atoms with Gasteiger partial charge in [0.05, 0.1) is 0 Å². The van der Waals surface area contributed by atoms with Gasteiger partial charge >= 0.3 is 0 Å². The summed E-state index contributed by atoms with van der Waals surface area (Å²) >= 11 is 5.81. The maximum atomic E-state index is 2.35. The minimum atomic E-state index is 1.34. The minimum absolute atomic E-state index is 1.34. The van der Waals surface area contributed by atoms with E-state index >= 15 is 0 Å². The van der Waals surface area contributed by atoms with E-state index in [1.54, 1.807) is 0 Å². The van der Waals surface area contributed by atoms with Crippen LogP contribution in [-0.2, 0) is 0 Å². The number of fused-ring (bicyclic) bond motifs is 7. The second-order valence-corrected chi connectivity index (χ2v) is 13.0. The molecule has 0 bridgehead atoms. The van der Waals surface area contributed by atoms with Crippen molar-refractivity contribution in [2.75, 3.05) is 0 Å². The SMILES string of the molecule is Cc1cc(C)c(C2=c3sc4c(c3-c3ccsc32)-c2ccsc2C=4c2c(C)cc(C)cc2C)c(C)c1. The highest BCUT2D eigenvalue weighted by atomic mass is 32.1. The molecule has 7 rings (SSSR count). The third-order valence-electron chi connectivity index (χ3n) is 7.54. The quantitative estimate of drug-likeness (QED) is 0.222. The zero-order valence-electron chi connectivity index (χ0n) is 20.8. The minimum Gasteiger partial charge on any atom is -0.143 e. The third-order valence-corrected chi connectivity index (χ3v) is 10.6. The van der Waals surface area contributed by atoms with Crippen LogP contribution in [0, 0.1) is 41.5 Å². The highest BCUT2D eigenvalue weighted by molar-refractivity contribution is 7.14. The lowest BCUT2D eigenvalue weighted by atomic mass is 9.94. The van der Waals surface area contributed by atoms with Crippen molar-refractivity contribution in [3.63, 3.8) is 0 Å². The second-order valence-electron chi connectivity index (χ2n) is 10.1. The summed E-state index contributed by atoms with van der Waals surface area (Å²) in [7, 11) is 0. The summed E-state index contributed by atoms with van der Waals surface area (Å²) in [6, 6.07) is 14.1. The maximum Gasteiger partial charge on any atom is 0.0455 e. The van der Waals surface area contributed by atoms with Gasteiger partial charge in [-0.3, -0.25) is 0 Å². The lowest BCUT2D eigenvalue weighted by molar-refractivity contribution is 1.29. The molecule has 3 heteroatoms. The number of aryl methyl sites for hydroxylation is 6. The fourth-order valence-electron chi connectivity index (χ4n) is 6.51. The summed E-state index contributed by atoms with van der Waals surface area (Å²) in [5, 5.41) is 4.55. The number of hydrogen-bond acceptors (Lipinski definition) is 3. The van der Waals surface area contributed by atoms with Crippen LogP contribution in [0.1, 0.15) is 54.3 Å². The Morgan fingerprint density at radius 1 is 0.486 bits per heavy atom. The number of hydrogen-bond donors (Lipinski definition) is 0. The molecule has 0 saturated heterocycles. The Bertz CT molecular complexity index is 1670. The molecular formula is C32H26S3. The van der Waals surface area contributed by atoms with Gasteiger partial charge in [0.2, 0.25) is 0 Å². The van der Waals surface area contributed by atoms with Gasteiger partial charge in [-0.15, -0.1) is 34.0 Å². The molecule has 0 nitrogen and oxygen atoms in total. The van der Waals surface area contributed by atoms with E-state index in [2.05, 4.69) is 88.7 Å². The van der Waals surface area contributed by atoms with Gasteiger partial charge in [0.25, 0.3) is 0 Å². The van der Waals surface area contributed by atoms with Gasteiger partial charge in [0, 0.05) is 52.2 Å². The maximum absolute atomic E-state index is 2.35. The molecule has 0 unspecified atom stereocenters. The van der Waals surface area contributed by atoms with Crippen molar-refractivity contribution in [2.45, 2.75) is 41.5 Å². The van der Waals surface area contributed by atoms with Crippen molar-refractivity contribution in [3.05, 3.63) is 110 Å². The molecule has 2 aliphatic carbocycles. The fourth-order valence-corrected chi connectivity index (χ4v) is 10.00. The van der Waals surface area contributed by atoms with E-state index in [0.717, 1.165) is 0 Å². The largest absolute Gasteiger partial charge is 0.143 e. The van der Waals surface area contributed by atoms with Gasteiger partial charge < -0.3 is 0 Å². The summed E-state index contributed by atoms with van der Waals surface area (Å²) in [5.41, 5.74) is 19.7. The lowest BCUT2D eigenvalue weighted by Gasteiger charge is -2.13. The molecule has 2 aliphatic rings. The monoisotopic (exact) mass is 506 g/mol. The Morgan fingerprint density at radius 2 is 0.857 bits per heavy atom. The summed E-state index contributed by atoms with van der Waals surface area (Å²) in [6.45, 7) is 13.5. The lowest BCUT2D eigenvalue weighted by Crippen LogP contribution is -2.06. The third kappa shape index (κ3) is 2.83. The molecule has 0 spiro atoms. The Balaban J connectivity index is 1.67. The fraction of sp³-hybridized carbons (Fsp3) is 0.188. The molecule has 5 aromatic rings. The van der Waals surface area contributed by atoms with Crippen LogP contribution in [0.3, 0.4) is 0 Å². The predicted molar refractivity (Wildman–Crippen MR) is 155 cm³/mol. The molecule has 0 aliphatic heterocycles. The van der Waals surface area contributed by atoms with Crippen LogP contribution >= 0.6 is 34.0 Å². The first-order chi connectivity index (χ1) is 16.8. The molecule has 0 N–H and O–H groups in total. The summed E-state index contributed by atoms with van der Waals surface area (Å²) < 4.78 is 2.92. The van der Waals surface area contributed by atoms with E-state index < -0.39 is 0 Å². The smallest absolute Gasteiger partial charge is 0.0455 e. The zero-order valence-corrected chi connectivity index (χ0v) is 23.3. The molecule has 3 aromatic heterocycles. The van der Waals surface area contributed by atoms with E-state index in [4.69, 9.17) is 0 Å². The van der Waals surface area contributed by atoms with Crippen molar-refractivity contribution < 1.29 is 0 Å². The normalized spacial score (nSPS) is 13.3. The molecule has 0 saturated carbocycles. The Hall–Kier alpha value is -2.72. The number of thiophene rings is 3. The molecule has 35 heavy (non-hydrogen) atoms. The zero-order chi connectivity index (χ0) is 24.2. The molecule has 2 aromatic carbocycles. The van der Waals surface area contributed by atoms with Crippen molar-refractivity contribution in [1.29, 1.82) is 0 Å². The van der Waals surface area contributed by atoms with E-state index in [9.17, 15) is 0 Å². The van der Waals surface area contributed by atoms with Crippen LogP contribution in [0.5, 0.6) is 0 Å². The van der Waals surface area contributed by atoms with Crippen LogP contribution in [0.25, 0.3) is 33.4 Å². The van der Waals surface area contributed by atoms with Crippen LogP contribution in [-0.4, -0.2) is 0 Å². The topological polar surface area (TPSA) is 0 Å². The Labute approximate surface area is 218 Å². The highest BCUT2D eigenvalue weighted by Crippen LogP contribution is 2.50. The molecule has 0 atom stereocenters. The number of rotatable bonds is 2. The standard InChI is InChI=1S/C32H26S3/c1-15-11-17(3)23(18(4)12-15)27-29-21(7-9-33-29)25-26-22-8-10-34-30(22)28(32(26)35-31(25)27)24-19(5)13-16(2)14-20(24)6/h7-14H,1-6H3. The molecule has 172 valence electrons. The average molecular weight is 507 g/mol. The van der Waals surface area contributed by atoms with Crippen molar-refractivity contribution >= 4 is 45.2 Å². The average Bonchev–Trinajstić information content (AvgIpc) is 3.54. The molecule has 0 radical (unpaired) electrons. The van der Waals surface area contributed by atoms with Gasteiger partial charge in [0.15, 0.2) is 0 Å². The van der Waals surface area contributed by atoms with Gasteiger partial charge in [-0.2, -0.15) is 0 Å². The van der Waals surface area contributed by atoms with Crippen LogP contribution in [0.4, 0.5) is 0 Å². The first kappa shape index (κ1) is 21.6. The highest BCUT2D eigenvalue weighted by Gasteiger charge is 2.35. The Kier molecular flexibility index (Phi) is 4.55. The summed E-state index contributed by atoms with van der Waals surface area (Å²) in [6.07, 6.45) is 0. The predicted octanol–water partition coefficient (Wildman–Crippen LogP) is 8.18. The van der Waals surface area contributed by atoms with E-state index in [-0.39, 0.29) is 0 Å². The summed E-state index contributed by atoms with van der Waals surface area (Å²) in [5.74, 6) is 0. The summed E-state index contributed by atoms with van der Waals surface area (Å²) in [4.78, 5) is 2.88. The first-order valence-corrected chi connectivity index (χ1v) is 14.7. The van der Waals surface area contributed by atoms with Gasteiger partial charge in [0.1, 0.15) is 0 Å². The van der Waals surface area contributed by atoms with Gasteiger partial charge in [-0.1, -0.05) is 35.4 Å². The molecule has 3 heterocycles. The van der Waals surface area contributed by atoms with Crippen LogP contribution < -0.4 is 9.06 Å². The van der Waals surface area contributed by atoms with E-state index in [1.807, 2.05) is 34.0 Å². The van der Waals surface area contributed by atoms with E-state index in [1.165, 1.54) is 96.7 Å². The molecular weight excluding hydrogens is 481 g/mol. The van der Waals surface area contributed by atoms with E-state index in [0.29, 0.717) is 0 Å². The first-order valence-electron chi connectivity index (χ1n) is 12.1. The molecule has 0 amide bonds. The number of benzene rings is 2. The van der Waals surface area contributed by atoms with Crippen LogP contribution in [0.15, 0.2) is 47.2 Å². The van der Waals surface area contributed by atoms with Gasteiger partial charge in [-0.05, 0) is 97.8 Å². The van der Waals surface area contributed by atoms with Crippen molar-refractivity contribution in [2.24, 2.45) is 0 Å². The van der Waals surface area contributed by atoms with Crippen LogP contribution in [0.2, 0.25) is 0 Å². The second kappa shape index (κ2) is 7.39. The Morgan fingerprint density at radius 3 is 1.23 bits per heavy atom. The van der Waals surface area contributed by atoms with Gasteiger partial charge in [-0.25, -0.2) is 0 Å².